The molecule has 0 heterocycles. The number of amides is 2. The van der Waals surface area contributed by atoms with E-state index in [1.165, 1.54) is 9.80 Å². The second kappa shape index (κ2) is 7.99. The number of benzene rings is 1. The van der Waals surface area contributed by atoms with Gasteiger partial charge in [0.05, 0.1) is 12.2 Å². The number of rotatable bonds is 6. The van der Waals surface area contributed by atoms with E-state index in [1.807, 2.05) is 0 Å². The molecule has 21 heavy (non-hydrogen) atoms. The first-order valence-electron chi connectivity index (χ1n) is 6.40. The Labute approximate surface area is 133 Å². The van der Waals surface area contributed by atoms with Gasteiger partial charge >= 0.3 is 0 Å². The lowest BCUT2D eigenvalue weighted by molar-refractivity contribution is -0.129. The van der Waals surface area contributed by atoms with Crippen LogP contribution in [0, 0.1) is 0 Å². The number of methoxy groups -OCH3 is 1. The normalized spacial score (nSPS) is 10.3. The molecule has 0 unspecified atom stereocenters. The van der Waals surface area contributed by atoms with Crippen molar-refractivity contribution in [1.82, 2.24) is 9.80 Å². The number of carbonyl (C=O) groups is 2. The molecule has 0 radical (unpaired) electrons. The Hall–Kier alpha value is -1.60. The average Bonchev–Trinajstić information content (AvgIpc) is 2.44. The molecule has 0 aliphatic heterocycles. The van der Waals surface area contributed by atoms with E-state index in [-0.39, 0.29) is 18.4 Å². The Kier molecular flexibility index (Phi) is 6.64. The van der Waals surface area contributed by atoms with Crippen LogP contribution in [0.2, 0.25) is 0 Å². The van der Waals surface area contributed by atoms with Gasteiger partial charge in [0.15, 0.2) is 0 Å². The summed E-state index contributed by atoms with van der Waals surface area (Å²) in [7, 11) is 4.85. The molecule has 2 N–H and O–H groups in total. The van der Waals surface area contributed by atoms with E-state index in [4.69, 9.17) is 10.5 Å². The average molecular weight is 358 g/mol. The Bertz CT molecular complexity index is 520. The smallest absolute Gasteiger partial charge is 0.255 e. The van der Waals surface area contributed by atoms with E-state index in [1.54, 1.807) is 39.4 Å². The number of halogens is 1. The number of carbonyl (C=O) groups excluding carboxylic acids is 2. The third-order valence-electron chi connectivity index (χ3n) is 2.90. The van der Waals surface area contributed by atoms with Gasteiger partial charge in [-0.3, -0.25) is 9.59 Å². The molecule has 0 fully saturated rings. The van der Waals surface area contributed by atoms with Crippen LogP contribution in [-0.2, 0) is 9.53 Å². The highest BCUT2D eigenvalue weighted by Gasteiger charge is 2.21. The van der Waals surface area contributed by atoms with Crippen LogP contribution in [-0.4, -0.2) is 62.5 Å². The van der Waals surface area contributed by atoms with Crippen LogP contribution in [0.1, 0.15) is 10.4 Å². The number of hydrogen-bond donors (Lipinski definition) is 1. The summed E-state index contributed by atoms with van der Waals surface area (Å²) >= 11 is 3.33. The molecule has 0 aromatic heterocycles. The molecule has 6 nitrogen and oxygen atoms in total. The maximum Gasteiger partial charge on any atom is 0.255 e. The van der Waals surface area contributed by atoms with Gasteiger partial charge in [-0.1, -0.05) is 0 Å². The molecule has 7 heteroatoms. The predicted molar refractivity (Wildman–Crippen MR) is 85.0 cm³/mol. The lowest BCUT2D eigenvalue weighted by Gasteiger charge is -2.24. The van der Waals surface area contributed by atoms with Gasteiger partial charge in [0.25, 0.3) is 5.91 Å². The highest BCUT2D eigenvalue weighted by Crippen LogP contribution is 2.21. The second-order valence-corrected chi connectivity index (χ2v) is 5.60. The lowest BCUT2D eigenvalue weighted by atomic mass is 10.1. The van der Waals surface area contributed by atoms with Crippen molar-refractivity contribution in [1.29, 1.82) is 0 Å². The van der Waals surface area contributed by atoms with Crippen LogP contribution < -0.4 is 5.73 Å². The van der Waals surface area contributed by atoms with Crippen LogP contribution >= 0.6 is 15.9 Å². The highest BCUT2D eigenvalue weighted by atomic mass is 79.9. The molecule has 2 amide bonds. The molecular formula is C14H20BrN3O3. The molecule has 0 aliphatic rings. The number of anilines is 1. The van der Waals surface area contributed by atoms with Crippen molar-refractivity contribution in [2.24, 2.45) is 0 Å². The van der Waals surface area contributed by atoms with E-state index in [2.05, 4.69) is 15.9 Å². The van der Waals surface area contributed by atoms with Gasteiger partial charge in [0.2, 0.25) is 5.91 Å². The summed E-state index contributed by atoms with van der Waals surface area (Å²) in [5.74, 6) is -0.416. The number of ether oxygens (including phenoxy) is 1. The largest absolute Gasteiger partial charge is 0.399 e. The van der Waals surface area contributed by atoms with Gasteiger partial charge in [-0.2, -0.15) is 0 Å². The van der Waals surface area contributed by atoms with Crippen molar-refractivity contribution in [2.45, 2.75) is 0 Å². The summed E-state index contributed by atoms with van der Waals surface area (Å²) < 4.78 is 5.64. The monoisotopic (exact) mass is 357 g/mol. The first kappa shape index (κ1) is 17.5. The molecule has 1 aromatic rings. The van der Waals surface area contributed by atoms with Crippen molar-refractivity contribution >= 4 is 33.4 Å². The Morgan fingerprint density at radius 3 is 2.57 bits per heavy atom. The van der Waals surface area contributed by atoms with E-state index >= 15 is 0 Å². The third-order valence-corrected chi connectivity index (χ3v) is 3.59. The molecule has 0 atom stereocenters. The number of likely N-dealkylation sites (N-methyl/N-ethyl adjacent to an activating group) is 1. The van der Waals surface area contributed by atoms with Gasteiger partial charge in [0, 0.05) is 37.9 Å². The predicted octanol–water partition coefficient (Wildman–Crippen LogP) is 1.21. The van der Waals surface area contributed by atoms with E-state index < -0.39 is 0 Å². The number of hydrogen-bond acceptors (Lipinski definition) is 4. The molecule has 0 saturated heterocycles. The van der Waals surface area contributed by atoms with Gasteiger partial charge in [-0.05, 0) is 34.1 Å². The topological polar surface area (TPSA) is 75.9 Å². The molecule has 1 rings (SSSR count). The maximum atomic E-state index is 12.6. The molecular weight excluding hydrogens is 338 g/mol. The second-order valence-electron chi connectivity index (χ2n) is 4.75. The maximum absolute atomic E-state index is 12.6. The SMILES string of the molecule is COCCN(CC(=O)N(C)C)C(=O)c1cc(N)ccc1Br. The highest BCUT2D eigenvalue weighted by molar-refractivity contribution is 9.10. The molecule has 0 saturated carbocycles. The first-order valence-corrected chi connectivity index (χ1v) is 7.19. The number of nitrogen functional groups attached to an aromatic ring is 1. The Morgan fingerprint density at radius 1 is 1.33 bits per heavy atom. The van der Waals surface area contributed by atoms with Crippen LogP contribution in [0.5, 0.6) is 0 Å². The minimum Gasteiger partial charge on any atom is -0.399 e. The minimum absolute atomic E-state index is 0.00354. The van der Waals surface area contributed by atoms with Crippen LogP contribution in [0.4, 0.5) is 5.69 Å². The zero-order chi connectivity index (χ0) is 16.0. The van der Waals surface area contributed by atoms with Gasteiger partial charge in [-0.25, -0.2) is 0 Å². The summed E-state index contributed by atoms with van der Waals surface area (Å²) in [4.78, 5) is 27.4. The van der Waals surface area contributed by atoms with E-state index in [0.29, 0.717) is 28.9 Å². The van der Waals surface area contributed by atoms with Crippen molar-refractivity contribution in [3.8, 4) is 0 Å². The van der Waals surface area contributed by atoms with Gasteiger partial charge < -0.3 is 20.3 Å². The zero-order valence-corrected chi connectivity index (χ0v) is 14.0. The van der Waals surface area contributed by atoms with E-state index in [9.17, 15) is 9.59 Å². The molecule has 0 spiro atoms. The van der Waals surface area contributed by atoms with Crippen molar-refractivity contribution in [2.75, 3.05) is 46.6 Å². The summed E-state index contributed by atoms with van der Waals surface area (Å²) in [5, 5.41) is 0. The summed E-state index contributed by atoms with van der Waals surface area (Å²) in [6.45, 7) is 0.680. The van der Waals surface area contributed by atoms with Crippen molar-refractivity contribution < 1.29 is 14.3 Å². The fourth-order valence-electron chi connectivity index (χ4n) is 1.64. The Balaban J connectivity index is 2.98. The molecule has 1 aromatic carbocycles. The van der Waals surface area contributed by atoms with Gasteiger partial charge in [-0.15, -0.1) is 0 Å². The minimum atomic E-state index is -0.263. The summed E-state index contributed by atoms with van der Waals surface area (Å²) in [5.41, 5.74) is 6.64. The lowest BCUT2D eigenvalue weighted by Crippen LogP contribution is -2.42. The fraction of sp³-hybridized carbons (Fsp3) is 0.429. The van der Waals surface area contributed by atoms with Gasteiger partial charge in [0.1, 0.15) is 6.54 Å². The van der Waals surface area contributed by atoms with Crippen LogP contribution in [0.3, 0.4) is 0 Å². The number of nitrogens with two attached hydrogens (primary N) is 1. The standard InChI is InChI=1S/C14H20BrN3O3/c1-17(2)13(19)9-18(6-7-21-3)14(20)11-8-10(16)4-5-12(11)15/h4-5,8H,6-7,9,16H2,1-3H3. The summed E-state index contributed by atoms with van der Waals surface area (Å²) in [6.07, 6.45) is 0. The quantitative estimate of drug-likeness (QED) is 0.776. The Morgan fingerprint density at radius 2 is 2.00 bits per heavy atom. The van der Waals surface area contributed by atoms with Crippen LogP contribution in [0.25, 0.3) is 0 Å². The van der Waals surface area contributed by atoms with E-state index in [0.717, 1.165) is 0 Å². The molecule has 0 bridgehead atoms. The zero-order valence-electron chi connectivity index (χ0n) is 12.4. The molecule has 0 aliphatic carbocycles. The van der Waals surface area contributed by atoms with Crippen LogP contribution in [0.15, 0.2) is 22.7 Å². The van der Waals surface area contributed by atoms with Crippen molar-refractivity contribution in [3.63, 3.8) is 0 Å². The summed E-state index contributed by atoms with van der Waals surface area (Å²) in [6, 6.07) is 5.00. The third kappa shape index (κ3) is 5.02. The van der Waals surface area contributed by atoms with Crippen molar-refractivity contribution in [3.05, 3.63) is 28.2 Å². The molecule has 116 valence electrons. The first-order chi connectivity index (χ1) is 9.86. The number of nitrogens with zero attached hydrogens (tertiary/aromatic N) is 2. The fourth-order valence-corrected chi connectivity index (χ4v) is 2.05.